The Morgan fingerprint density at radius 1 is 1.26 bits per heavy atom. The minimum Gasteiger partial charge on any atom is -0.497 e. The predicted octanol–water partition coefficient (Wildman–Crippen LogP) is 1.30. The third kappa shape index (κ3) is 6.13. The monoisotopic (exact) mass is 378 g/mol. The molecule has 0 spiro atoms. The van der Waals surface area contributed by atoms with Crippen molar-refractivity contribution < 1.29 is 24.0 Å². The van der Waals surface area contributed by atoms with Gasteiger partial charge in [0.05, 0.1) is 26.3 Å². The molecule has 2 rings (SSSR count). The van der Waals surface area contributed by atoms with E-state index in [1.165, 1.54) is 0 Å². The molecule has 0 radical (unpaired) electrons. The Bertz CT molecular complexity index is 648. The summed E-state index contributed by atoms with van der Waals surface area (Å²) >= 11 is 0. The third-order valence-electron chi connectivity index (χ3n) is 4.94. The minimum atomic E-state index is -0.422. The number of nitrogens with one attached hydrogen (secondary N) is 3. The van der Waals surface area contributed by atoms with Crippen LogP contribution in [0.2, 0.25) is 0 Å². The van der Waals surface area contributed by atoms with Crippen molar-refractivity contribution in [3.05, 3.63) is 23.8 Å². The number of imide groups is 1. The highest BCUT2D eigenvalue weighted by molar-refractivity contribution is 5.94. The fraction of sp³-hybridized carbons (Fsp3) is 0.600. The van der Waals surface area contributed by atoms with Crippen LogP contribution in [-0.4, -0.2) is 45.8 Å². The average molecular weight is 378 g/mol. The van der Waals surface area contributed by atoms with E-state index >= 15 is 0 Å². The van der Waals surface area contributed by atoms with Crippen molar-refractivity contribution in [3.8, 4) is 11.5 Å². The lowest BCUT2D eigenvalue weighted by Crippen LogP contribution is -3.11. The summed E-state index contributed by atoms with van der Waals surface area (Å²) in [4.78, 5) is 25.3. The fourth-order valence-electron chi connectivity index (χ4n) is 3.51. The maximum Gasteiger partial charge on any atom is 0.321 e. The third-order valence-corrected chi connectivity index (χ3v) is 4.94. The molecule has 1 saturated heterocycles. The SMILES string of the molecule is COc1ccc(OC)c([C@H]2CCC[NH+]2CC(=O)NC(=O)NCCC(C)C)c1. The second-order valence-electron chi connectivity index (χ2n) is 7.37. The van der Waals surface area contributed by atoms with Crippen molar-refractivity contribution in [1.82, 2.24) is 10.6 Å². The van der Waals surface area contributed by atoms with Gasteiger partial charge < -0.3 is 19.7 Å². The first-order valence-corrected chi connectivity index (χ1v) is 9.58. The number of carbonyl (C=O) groups is 2. The first-order chi connectivity index (χ1) is 12.9. The topological polar surface area (TPSA) is 81.1 Å². The van der Waals surface area contributed by atoms with E-state index in [0.29, 0.717) is 12.5 Å². The Morgan fingerprint density at radius 2 is 2.04 bits per heavy atom. The lowest BCUT2D eigenvalue weighted by atomic mass is 10.0. The Kier molecular flexibility index (Phi) is 7.91. The lowest BCUT2D eigenvalue weighted by Gasteiger charge is -2.23. The first-order valence-electron chi connectivity index (χ1n) is 9.58. The molecule has 3 amide bonds. The van der Waals surface area contributed by atoms with E-state index in [1.54, 1.807) is 14.2 Å². The molecule has 7 heteroatoms. The normalized spacial score (nSPS) is 19.0. The lowest BCUT2D eigenvalue weighted by molar-refractivity contribution is -0.910. The van der Waals surface area contributed by atoms with Crippen LogP contribution in [0.15, 0.2) is 18.2 Å². The smallest absolute Gasteiger partial charge is 0.321 e. The van der Waals surface area contributed by atoms with Crippen molar-refractivity contribution in [1.29, 1.82) is 0 Å². The fourth-order valence-corrected chi connectivity index (χ4v) is 3.51. The molecule has 0 bridgehead atoms. The molecule has 2 atom stereocenters. The Labute approximate surface area is 161 Å². The summed E-state index contributed by atoms with van der Waals surface area (Å²) in [5.74, 6) is 1.81. The predicted molar refractivity (Wildman–Crippen MR) is 103 cm³/mol. The molecule has 1 heterocycles. The molecule has 1 aromatic carbocycles. The molecule has 1 aliphatic rings. The maximum absolute atomic E-state index is 12.3. The number of ether oxygens (including phenoxy) is 2. The number of carbonyl (C=O) groups excluding carboxylic acids is 2. The van der Waals surface area contributed by atoms with E-state index in [-0.39, 0.29) is 18.5 Å². The summed E-state index contributed by atoms with van der Waals surface area (Å²) in [5.41, 5.74) is 1.04. The highest BCUT2D eigenvalue weighted by atomic mass is 16.5. The summed E-state index contributed by atoms with van der Waals surface area (Å²) in [6.45, 7) is 5.88. The molecule has 1 aliphatic heterocycles. The number of hydrogen-bond donors (Lipinski definition) is 3. The van der Waals surface area contributed by atoms with Gasteiger partial charge in [-0.05, 0) is 30.5 Å². The van der Waals surface area contributed by atoms with Crippen LogP contribution in [0.3, 0.4) is 0 Å². The van der Waals surface area contributed by atoms with E-state index < -0.39 is 6.03 Å². The maximum atomic E-state index is 12.3. The van der Waals surface area contributed by atoms with Gasteiger partial charge in [0.1, 0.15) is 17.5 Å². The molecular formula is C20H32N3O4+. The molecule has 27 heavy (non-hydrogen) atoms. The summed E-state index contributed by atoms with van der Waals surface area (Å²) in [6, 6.07) is 5.46. The van der Waals surface area contributed by atoms with Crippen LogP contribution in [0, 0.1) is 5.92 Å². The van der Waals surface area contributed by atoms with Crippen molar-refractivity contribution in [2.45, 2.75) is 39.2 Å². The van der Waals surface area contributed by atoms with Gasteiger partial charge in [0.25, 0.3) is 5.91 Å². The second kappa shape index (κ2) is 10.2. The molecule has 1 fully saturated rings. The van der Waals surface area contributed by atoms with Gasteiger partial charge >= 0.3 is 6.03 Å². The molecule has 3 N–H and O–H groups in total. The number of benzene rings is 1. The number of rotatable bonds is 8. The van der Waals surface area contributed by atoms with Gasteiger partial charge in [0.2, 0.25) is 0 Å². The van der Waals surface area contributed by atoms with Crippen molar-refractivity contribution in [2.75, 3.05) is 33.9 Å². The molecular weight excluding hydrogens is 346 g/mol. The van der Waals surface area contributed by atoms with Crippen LogP contribution < -0.4 is 25.0 Å². The highest BCUT2D eigenvalue weighted by Gasteiger charge is 2.34. The van der Waals surface area contributed by atoms with Crippen LogP contribution in [-0.2, 0) is 4.79 Å². The summed E-state index contributed by atoms with van der Waals surface area (Å²) in [7, 11) is 3.28. The molecule has 7 nitrogen and oxygen atoms in total. The van der Waals surface area contributed by atoms with Gasteiger partial charge in [-0.15, -0.1) is 0 Å². The number of likely N-dealkylation sites (tertiary alicyclic amines) is 1. The van der Waals surface area contributed by atoms with E-state index in [2.05, 4.69) is 24.5 Å². The number of hydrogen-bond acceptors (Lipinski definition) is 4. The highest BCUT2D eigenvalue weighted by Crippen LogP contribution is 2.31. The Balaban J connectivity index is 1.96. The van der Waals surface area contributed by atoms with Crippen molar-refractivity contribution >= 4 is 11.9 Å². The Morgan fingerprint density at radius 3 is 2.70 bits per heavy atom. The zero-order valence-corrected chi connectivity index (χ0v) is 16.8. The minimum absolute atomic E-state index is 0.143. The molecule has 0 saturated carbocycles. The molecule has 0 aromatic heterocycles. The van der Waals surface area contributed by atoms with Crippen LogP contribution >= 0.6 is 0 Å². The standard InChI is InChI=1S/C20H31N3O4/c1-14(2)9-10-21-20(25)22-19(24)13-23-11-5-6-17(23)16-12-15(26-3)7-8-18(16)27-4/h7-8,12,14,17H,5-6,9-11,13H2,1-4H3,(H2,21,22,24,25)/p+1/t17-/m1/s1. The van der Waals surface area contributed by atoms with Gasteiger partial charge in [-0.3, -0.25) is 10.1 Å². The quantitative estimate of drug-likeness (QED) is 0.637. The summed E-state index contributed by atoms with van der Waals surface area (Å²) < 4.78 is 10.8. The van der Waals surface area contributed by atoms with E-state index in [4.69, 9.17) is 9.47 Å². The van der Waals surface area contributed by atoms with Gasteiger partial charge in [-0.25, -0.2) is 4.79 Å². The van der Waals surface area contributed by atoms with Crippen molar-refractivity contribution in [2.24, 2.45) is 5.92 Å². The summed E-state index contributed by atoms with van der Waals surface area (Å²) in [6.07, 6.45) is 2.87. The number of methoxy groups -OCH3 is 2. The van der Waals surface area contributed by atoms with E-state index in [9.17, 15) is 9.59 Å². The van der Waals surface area contributed by atoms with E-state index in [0.717, 1.165) is 47.8 Å². The Hall–Kier alpha value is -2.28. The number of urea groups is 1. The number of quaternary nitrogens is 1. The largest absolute Gasteiger partial charge is 0.497 e. The van der Waals surface area contributed by atoms with E-state index in [1.807, 2.05) is 18.2 Å². The van der Waals surface area contributed by atoms with Crippen LogP contribution in [0.25, 0.3) is 0 Å². The van der Waals surface area contributed by atoms with Gasteiger partial charge in [-0.1, -0.05) is 13.8 Å². The molecule has 1 aromatic rings. The van der Waals surface area contributed by atoms with Crippen LogP contribution in [0.5, 0.6) is 11.5 Å². The molecule has 150 valence electrons. The van der Waals surface area contributed by atoms with Gasteiger partial charge in [0.15, 0.2) is 6.54 Å². The van der Waals surface area contributed by atoms with Crippen LogP contribution in [0.4, 0.5) is 4.79 Å². The first kappa shape index (κ1) is 21.0. The van der Waals surface area contributed by atoms with Crippen LogP contribution in [0.1, 0.15) is 44.7 Å². The molecule has 1 unspecified atom stereocenters. The van der Waals surface area contributed by atoms with Crippen molar-refractivity contribution in [3.63, 3.8) is 0 Å². The summed E-state index contributed by atoms with van der Waals surface area (Å²) in [5, 5.41) is 5.17. The van der Waals surface area contributed by atoms with Gasteiger partial charge in [-0.2, -0.15) is 0 Å². The zero-order chi connectivity index (χ0) is 19.8. The zero-order valence-electron chi connectivity index (χ0n) is 16.8. The second-order valence-corrected chi connectivity index (χ2v) is 7.37. The number of amides is 3. The van der Waals surface area contributed by atoms with Gasteiger partial charge in [0, 0.05) is 19.4 Å². The average Bonchev–Trinajstić information content (AvgIpc) is 3.08. The molecule has 0 aliphatic carbocycles.